The number of rotatable bonds is 79. The molecule has 0 aliphatic rings. The maximum atomic E-state index is 13.1. The largest absolute Gasteiger partial charge is 0.472 e. The van der Waals surface area contributed by atoms with Crippen LogP contribution in [-0.4, -0.2) is 96.7 Å². The number of esters is 4. The van der Waals surface area contributed by atoms with Crippen LogP contribution in [0.15, 0.2) is 0 Å². The number of hydrogen-bond acceptors (Lipinski definition) is 15. The second kappa shape index (κ2) is 71.7. The number of aliphatic hydroxyl groups is 1. The normalized spacial score (nSPS) is 13.9. The van der Waals surface area contributed by atoms with Crippen LogP contribution in [0.3, 0.4) is 0 Å². The summed E-state index contributed by atoms with van der Waals surface area (Å²) in [5, 5.41) is 10.6. The van der Waals surface area contributed by atoms with Crippen molar-refractivity contribution >= 4 is 39.5 Å². The van der Waals surface area contributed by atoms with Gasteiger partial charge in [0.2, 0.25) is 0 Å². The van der Waals surface area contributed by atoms with Crippen molar-refractivity contribution in [3.8, 4) is 0 Å². The molecule has 0 aromatic heterocycles. The first kappa shape index (κ1) is 97.1. The van der Waals surface area contributed by atoms with Gasteiger partial charge in [-0.3, -0.25) is 37.3 Å². The standard InChI is InChI=1S/C80H156O17P2/c1-7-9-11-13-15-17-18-19-20-21-22-26-29-32-35-39-45-51-57-63-78(83)91-68-75(96-79(84)64-58-52-46-40-36-33-30-27-24-23-25-28-31-34-38-42-48-54-60-72(3)4)70-94-98(86,87)92-66-74(81)67-93-99(88,89)95-71-76(69-90-77(82)62-56-50-44-37-16-14-12-10-8-2)97-80(85)65-59-53-47-41-43-49-55-61-73(5)6/h72-76,81H,7-71H2,1-6H3,(H,86,87)(H,88,89)/t74-,75-,76-/m1/s1. The minimum absolute atomic E-state index is 0.104. The highest BCUT2D eigenvalue weighted by atomic mass is 31.2. The molecule has 0 bridgehead atoms. The predicted molar refractivity (Wildman–Crippen MR) is 405 cm³/mol. The van der Waals surface area contributed by atoms with E-state index in [-0.39, 0.29) is 25.7 Å². The van der Waals surface area contributed by atoms with Crippen LogP contribution in [0.4, 0.5) is 0 Å². The molecular formula is C80H156O17P2. The third-order valence-electron chi connectivity index (χ3n) is 18.7. The number of carbonyl (C=O) groups excluding carboxylic acids is 4. The van der Waals surface area contributed by atoms with E-state index >= 15 is 0 Å². The molecule has 19 heteroatoms. The molecule has 0 rings (SSSR count). The molecule has 0 aliphatic carbocycles. The Bertz CT molecular complexity index is 1910. The Balaban J connectivity index is 5.17. The van der Waals surface area contributed by atoms with Gasteiger partial charge in [0.05, 0.1) is 26.4 Å². The van der Waals surface area contributed by atoms with Gasteiger partial charge < -0.3 is 33.8 Å². The Morgan fingerprint density at radius 3 is 0.687 bits per heavy atom. The van der Waals surface area contributed by atoms with Gasteiger partial charge in [-0.2, -0.15) is 0 Å². The van der Waals surface area contributed by atoms with Crippen LogP contribution < -0.4 is 0 Å². The molecule has 99 heavy (non-hydrogen) atoms. The van der Waals surface area contributed by atoms with Crippen molar-refractivity contribution in [3.05, 3.63) is 0 Å². The third-order valence-corrected chi connectivity index (χ3v) is 20.6. The molecule has 588 valence electrons. The molecule has 3 N–H and O–H groups in total. The summed E-state index contributed by atoms with van der Waals surface area (Å²) in [5.41, 5.74) is 0. The van der Waals surface area contributed by atoms with Crippen LogP contribution in [0.2, 0.25) is 0 Å². The summed E-state index contributed by atoms with van der Waals surface area (Å²) in [6.45, 7) is 9.57. The van der Waals surface area contributed by atoms with E-state index in [9.17, 15) is 43.2 Å². The maximum absolute atomic E-state index is 13.1. The number of phosphoric ester groups is 2. The number of ether oxygens (including phenoxy) is 4. The Labute approximate surface area is 607 Å². The molecule has 0 amide bonds. The lowest BCUT2D eigenvalue weighted by molar-refractivity contribution is -0.161. The van der Waals surface area contributed by atoms with Gasteiger partial charge in [0.15, 0.2) is 12.2 Å². The Hall–Kier alpha value is -1.94. The summed E-state index contributed by atoms with van der Waals surface area (Å²) >= 11 is 0. The smallest absolute Gasteiger partial charge is 0.462 e. The molecule has 0 saturated carbocycles. The van der Waals surface area contributed by atoms with Gasteiger partial charge in [-0.05, 0) is 37.5 Å². The second-order valence-corrected chi connectivity index (χ2v) is 32.7. The zero-order valence-electron chi connectivity index (χ0n) is 64.8. The molecule has 0 saturated heterocycles. The van der Waals surface area contributed by atoms with E-state index in [1.807, 2.05) is 0 Å². The van der Waals surface area contributed by atoms with Gasteiger partial charge in [-0.25, -0.2) is 9.13 Å². The van der Waals surface area contributed by atoms with E-state index in [4.69, 9.17) is 37.0 Å². The van der Waals surface area contributed by atoms with Crippen LogP contribution in [0.25, 0.3) is 0 Å². The molecule has 0 spiro atoms. The topological polar surface area (TPSA) is 237 Å². The molecule has 0 radical (unpaired) electrons. The van der Waals surface area contributed by atoms with E-state index in [0.717, 1.165) is 95.8 Å². The van der Waals surface area contributed by atoms with Gasteiger partial charge in [0.1, 0.15) is 19.3 Å². The second-order valence-electron chi connectivity index (χ2n) is 29.8. The highest BCUT2D eigenvalue weighted by Gasteiger charge is 2.30. The highest BCUT2D eigenvalue weighted by Crippen LogP contribution is 2.45. The van der Waals surface area contributed by atoms with Crippen LogP contribution in [0, 0.1) is 11.8 Å². The quantitative estimate of drug-likeness (QED) is 0.0222. The van der Waals surface area contributed by atoms with Crippen molar-refractivity contribution in [1.82, 2.24) is 0 Å². The van der Waals surface area contributed by atoms with Crippen molar-refractivity contribution in [2.24, 2.45) is 11.8 Å². The van der Waals surface area contributed by atoms with Crippen LogP contribution in [0.5, 0.6) is 0 Å². The monoisotopic (exact) mass is 1450 g/mol. The summed E-state index contributed by atoms with van der Waals surface area (Å²) in [4.78, 5) is 72.8. The first-order chi connectivity index (χ1) is 47.9. The van der Waals surface area contributed by atoms with E-state index in [2.05, 4.69) is 41.5 Å². The molecular weight excluding hydrogens is 1290 g/mol. The van der Waals surface area contributed by atoms with Crippen LogP contribution >= 0.6 is 15.6 Å². The third kappa shape index (κ3) is 74.1. The summed E-state index contributed by atoms with van der Waals surface area (Å²) in [7, 11) is -9.91. The number of carbonyl (C=O) groups is 4. The Morgan fingerprint density at radius 1 is 0.273 bits per heavy atom. The van der Waals surface area contributed by atoms with Crippen molar-refractivity contribution in [1.29, 1.82) is 0 Å². The number of unbranched alkanes of at least 4 members (excludes halogenated alkanes) is 49. The summed E-state index contributed by atoms with van der Waals surface area (Å²) in [5.74, 6) is -0.599. The first-order valence-corrected chi connectivity index (χ1v) is 44.5. The number of phosphoric acid groups is 2. The molecule has 0 heterocycles. The fourth-order valence-electron chi connectivity index (χ4n) is 12.4. The summed E-state index contributed by atoms with van der Waals surface area (Å²) in [6, 6.07) is 0. The zero-order valence-corrected chi connectivity index (χ0v) is 66.6. The zero-order chi connectivity index (χ0) is 72.8. The lowest BCUT2D eigenvalue weighted by atomic mass is 10.0. The molecule has 0 fully saturated rings. The minimum atomic E-state index is -4.96. The van der Waals surface area contributed by atoms with Crippen molar-refractivity contribution < 1.29 is 80.2 Å². The average Bonchev–Trinajstić information content (AvgIpc) is 2.59. The van der Waals surface area contributed by atoms with E-state index in [1.165, 1.54) is 238 Å². The Morgan fingerprint density at radius 2 is 0.465 bits per heavy atom. The minimum Gasteiger partial charge on any atom is -0.462 e. The first-order valence-electron chi connectivity index (χ1n) is 41.5. The van der Waals surface area contributed by atoms with Crippen LogP contribution in [-0.2, 0) is 65.4 Å². The van der Waals surface area contributed by atoms with Gasteiger partial charge in [-0.1, -0.05) is 369 Å². The summed E-state index contributed by atoms with van der Waals surface area (Å²) < 4.78 is 68.6. The van der Waals surface area contributed by atoms with Gasteiger partial charge in [-0.15, -0.1) is 0 Å². The van der Waals surface area contributed by atoms with Gasteiger partial charge >= 0.3 is 39.5 Å². The van der Waals surface area contributed by atoms with E-state index in [1.54, 1.807) is 0 Å². The van der Waals surface area contributed by atoms with Gasteiger partial charge in [0.25, 0.3) is 0 Å². The highest BCUT2D eigenvalue weighted by molar-refractivity contribution is 7.47. The maximum Gasteiger partial charge on any atom is 0.472 e. The molecule has 0 aromatic rings. The SMILES string of the molecule is CCCCCCCCCCCCCCCCCCCCCC(=O)OC[C@H](COP(=O)(O)OC[C@@H](O)COP(=O)(O)OC[C@@H](COC(=O)CCCCCCCCCCC)OC(=O)CCCCCCCCCC(C)C)OC(=O)CCCCCCCCCCCCCCCCCCCCC(C)C. The molecule has 0 aromatic carbocycles. The van der Waals surface area contributed by atoms with Crippen molar-refractivity contribution in [2.45, 2.75) is 439 Å². The molecule has 5 atom stereocenters. The summed E-state index contributed by atoms with van der Waals surface area (Å²) in [6.07, 6.45) is 61.4. The number of hydrogen-bond donors (Lipinski definition) is 3. The average molecular weight is 1450 g/mol. The Kier molecular flexibility index (Phi) is 70.3. The lowest BCUT2D eigenvalue weighted by Gasteiger charge is -2.21. The molecule has 0 aliphatic heterocycles. The number of aliphatic hydroxyl groups excluding tert-OH is 1. The lowest BCUT2D eigenvalue weighted by Crippen LogP contribution is -2.30. The van der Waals surface area contributed by atoms with E-state index in [0.29, 0.717) is 31.6 Å². The van der Waals surface area contributed by atoms with Crippen LogP contribution in [0.1, 0.15) is 420 Å². The fourth-order valence-corrected chi connectivity index (χ4v) is 13.9. The molecule has 2 unspecified atom stereocenters. The van der Waals surface area contributed by atoms with Crippen molar-refractivity contribution in [3.63, 3.8) is 0 Å². The molecule has 17 nitrogen and oxygen atoms in total. The van der Waals surface area contributed by atoms with E-state index < -0.39 is 97.5 Å². The van der Waals surface area contributed by atoms with Crippen molar-refractivity contribution in [2.75, 3.05) is 39.6 Å². The fraction of sp³-hybridized carbons (Fsp3) is 0.950. The predicted octanol–water partition coefficient (Wildman–Crippen LogP) is 23.9. The van der Waals surface area contributed by atoms with Gasteiger partial charge in [0, 0.05) is 25.7 Å².